The summed E-state index contributed by atoms with van der Waals surface area (Å²) >= 11 is 0. The van der Waals surface area contributed by atoms with E-state index in [4.69, 9.17) is 4.74 Å². The SMILES string of the molecule is COc1cccc(-n2[nH]c(=O)c3cnc(Nc4cc(C)ncn4)cc32)c1. The smallest absolute Gasteiger partial charge is 0.273 e. The predicted molar refractivity (Wildman–Crippen MR) is 98.3 cm³/mol. The molecule has 3 heterocycles. The van der Waals surface area contributed by atoms with E-state index in [9.17, 15) is 4.79 Å². The number of ether oxygens (including phenoxy) is 1. The maximum Gasteiger partial charge on any atom is 0.273 e. The van der Waals surface area contributed by atoms with Crippen molar-refractivity contribution in [3.05, 3.63) is 65.0 Å². The molecule has 0 aliphatic heterocycles. The summed E-state index contributed by atoms with van der Waals surface area (Å²) in [4.78, 5) is 24.8. The van der Waals surface area contributed by atoms with E-state index in [1.54, 1.807) is 24.1 Å². The Bertz CT molecular complexity index is 1150. The Labute approximate surface area is 148 Å². The molecule has 0 bridgehead atoms. The Hall–Kier alpha value is -3.68. The summed E-state index contributed by atoms with van der Waals surface area (Å²) in [6, 6.07) is 11.1. The maximum atomic E-state index is 12.3. The first kappa shape index (κ1) is 15.8. The van der Waals surface area contributed by atoms with Crippen molar-refractivity contribution < 1.29 is 4.74 Å². The quantitative estimate of drug-likeness (QED) is 0.588. The number of fused-ring (bicyclic) bond motifs is 1. The Morgan fingerprint density at radius 1 is 1.12 bits per heavy atom. The number of anilines is 2. The van der Waals surface area contributed by atoms with E-state index >= 15 is 0 Å². The molecule has 0 fully saturated rings. The van der Waals surface area contributed by atoms with Crippen LogP contribution in [0.3, 0.4) is 0 Å². The molecule has 0 amide bonds. The minimum atomic E-state index is -0.209. The first-order valence-electron chi connectivity index (χ1n) is 7.95. The summed E-state index contributed by atoms with van der Waals surface area (Å²) in [5.41, 5.74) is 2.12. The molecule has 4 aromatic rings. The van der Waals surface area contributed by atoms with Crippen LogP contribution < -0.4 is 15.6 Å². The summed E-state index contributed by atoms with van der Waals surface area (Å²) in [5, 5.41) is 6.46. The maximum absolute atomic E-state index is 12.3. The van der Waals surface area contributed by atoms with Gasteiger partial charge in [0.2, 0.25) is 0 Å². The standard InChI is InChI=1S/C18H16N6O2/c1-11-6-16(21-10-20-11)22-17-8-15-14(9-19-17)18(25)23-24(15)12-4-3-5-13(7-12)26-2/h3-10H,1-2H3,(H,23,25)(H,19,20,21,22). The monoisotopic (exact) mass is 348 g/mol. The number of benzene rings is 1. The summed E-state index contributed by atoms with van der Waals surface area (Å²) in [7, 11) is 1.60. The van der Waals surface area contributed by atoms with E-state index in [0.717, 1.165) is 11.4 Å². The van der Waals surface area contributed by atoms with Gasteiger partial charge < -0.3 is 10.1 Å². The second-order valence-corrected chi connectivity index (χ2v) is 5.73. The van der Waals surface area contributed by atoms with Crippen LogP contribution in [-0.2, 0) is 0 Å². The fourth-order valence-corrected chi connectivity index (χ4v) is 2.70. The van der Waals surface area contributed by atoms with E-state index in [2.05, 4.69) is 25.4 Å². The van der Waals surface area contributed by atoms with Crippen molar-refractivity contribution in [2.45, 2.75) is 6.92 Å². The van der Waals surface area contributed by atoms with Crippen LogP contribution in [0.5, 0.6) is 5.75 Å². The third-order valence-corrected chi connectivity index (χ3v) is 3.95. The van der Waals surface area contributed by atoms with Gasteiger partial charge in [0.25, 0.3) is 5.56 Å². The van der Waals surface area contributed by atoms with Gasteiger partial charge in [-0.1, -0.05) is 6.07 Å². The average molecular weight is 348 g/mol. The highest BCUT2D eigenvalue weighted by molar-refractivity contribution is 5.82. The van der Waals surface area contributed by atoms with Crippen LogP contribution >= 0.6 is 0 Å². The van der Waals surface area contributed by atoms with E-state index in [0.29, 0.717) is 28.3 Å². The van der Waals surface area contributed by atoms with Gasteiger partial charge in [-0.3, -0.25) is 14.6 Å². The van der Waals surface area contributed by atoms with Gasteiger partial charge in [-0.15, -0.1) is 0 Å². The topological polar surface area (TPSA) is 97.7 Å². The molecule has 26 heavy (non-hydrogen) atoms. The number of aromatic amines is 1. The number of rotatable bonds is 4. The van der Waals surface area contributed by atoms with Gasteiger partial charge in [0, 0.05) is 30.1 Å². The van der Waals surface area contributed by atoms with Crippen molar-refractivity contribution in [2.75, 3.05) is 12.4 Å². The van der Waals surface area contributed by atoms with E-state index in [-0.39, 0.29) is 5.56 Å². The normalized spacial score (nSPS) is 10.8. The lowest BCUT2D eigenvalue weighted by atomic mass is 10.2. The second-order valence-electron chi connectivity index (χ2n) is 5.73. The van der Waals surface area contributed by atoms with Crippen LogP contribution in [0.4, 0.5) is 11.6 Å². The molecule has 0 saturated heterocycles. The van der Waals surface area contributed by atoms with Gasteiger partial charge in [0.15, 0.2) is 0 Å². The van der Waals surface area contributed by atoms with Crippen molar-refractivity contribution in [2.24, 2.45) is 0 Å². The number of hydrogen-bond acceptors (Lipinski definition) is 6. The minimum absolute atomic E-state index is 0.209. The number of hydrogen-bond donors (Lipinski definition) is 2. The zero-order valence-electron chi connectivity index (χ0n) is 14.2. The first-order chi connectivity index (χ1) is 12.6. The first-order valence-corrected chi connectivity index (χ1v) is 7.95. The molecule has 1 aromatic carbocycles. The second kappa shape index (κ2) is 6.32. The number of methoxy groups -OCH3 is 1. The third kappa shape index (κ3) is 2.88. The van der Waals surface area contributed by atoms with Crippen LogP contribution in [-0.4, -0.2) is 31.8 Å². The molecule has 130 valence electrons. The lowest BCUT2D eigenvalue weighted by Gasteiger charge is -2.08. The van der Waals surface area contributed by atoms with Crippen molar-refractivity contribution >= 4 is 22.5 Å². The van der Waals surface area contributed by atoms with E-state index in [1.807, 2.05) is 37.3 Å². The molecule has 0 spiro atoms. The zero-order valence-corrected chi connectivity index (χ0v) is 14.2. The number of aryl methyl sites for hydroxylation is 1. The Morgan fingerprint density at radius 3 is 2.77 bits per heavy atom. The zero-order chi connectivity index (χ0) is 18.1. The summed E-state index contributed by atoms with van der Waals surface area (Å²) in [6.45, 7) is 1.89. The van der Waals surface area contributed by atoms with Crippen LogP contribution in [0.15, 0.2) is 53.7 Å². The molecule has 0 aliphatic carbocycles. The average Bonchev–Trinajstić information content (AvgIpc) is 2.98. The summed E-state index contributed by atoms with van der Waals surface area (Å²) < 4.78 is 6.97. The molecule has 0 saturated carbocycles. The minimum Gasteiger partial charge on any atom is -0.497 e. The van der Waals surface area contributed by atoms with Crippen molar-refractivity contribution in [3.8, 4) is 11.4 Å². The van der Waals surface area contributed by atoms with Gasteiger partial charge in [-0.05, 0) is 19.1 Å². The lowest BCUT2D eigenvalue weighted by Crippen LogP contribution is -2.03. The summed E-state index contributed by atoms with van der Waals surface area (Å²) in [5.74, 6) is 1.91. The summed E-state index contributed by atoms with van der Waals surface area (Å²) in [6.07, 6.45) is 3.03. The highest BCUT2D eigenvalue weighted by Gasteiger charge is 2.11. The van der Waals surface area contributed by atoms with E-state index in [1.165, 1.54) is 6.33 Å². The lowest BCUT2D eigenvalue weighted by molar-refractivity contribution is 0.414. The predicted octanol–water partition coefficient (Wildman–Crippen LogP) is 2.56. The van der Waals surface area contributed by atoms with Crippen molar-refractivity contribution in [3.63, 3.8) is 0 Å². The Kier molecular flexibility index (Phi) is 3.85. The number of aromatic nitrogens is 5. The molecular formula is C18H16N6O2. The molecule has 3 aromatic heterocycles. The molecule has 0 radical (unpaired) electrons. The molecule has 2 N–H and O–H groups in total. The van der Waals surface area contributed by atoms with Crippen LogP contribution in [0.2, 0.25) is 0 Å². The van der Waals surface area contributed by atoms with Crippen LogP contribution in [0, 0.1) is 6.92 Å². The Balaban J connectivity index is 1.80. The molecule has 8 heteroatoms. The molecule has 0 atom stereocenters. The molecule has 0 unspecified atom stereocenters. The van der Waals surface area contributed by atoms with Crippen LogP contribution in [0.25, 0.3) is 16.6 Å². The third-order valence-electron chi connectivity index (χ3n) is 3.95. The number of nitrogens with zero attached hydrogens (tertiary/aromatic N) is 4. The fourth-order valence-electron chi connectivity index (χ4n) is 2.70. The van der Waals surface area contributed by atoms with Crippen molar-refractivity contribution in [1.29, 1.82) is 0 Å². The van der Waals surface area contributed by atoms with E-state index < -0.39 is 0 Å². The Morgan fingerprint density at radius 2 is 1.96 bits per heavy atom. The van der Waals surface area contributed by atoms with Gasteiger partial charge in [-0.2, -0.15) is 0 Å². The number of H-pyrrole nitrogens is 1. The molecule has 8 nitrogen and oxygen atoms in total. The molecular weight excluding hydrogens is 332 g/mol. The van der Waals surface area contributed by atoms with Gasteiger partial charge >= 0.3 is 0 Å². The molecule has 0 aliphatic rings. The fraction of sp³-hybridized carbons (Fsp3) is 0.111. The van der Waals surface area contributed by atoms with Gasteiger partial charge in [-0.25, -0.2) is 15.0 Å². The highest BCUT2D eigenvalue weighted by Crippen LogP contribution is 2.22. The van der Waals surface area contributed by atoms with Crippen molar-refractivity contribution in [1.82, 2.24) is 24.7 Å². The van der Waals surface area contributed by atoms with Gasteiger partial charge in [0.1, 0.15) is 23.7 Å². The van der Waals surface area contributed by atoms with Gasteiger partial charge in [0.05, 0.1) is 23.7 Å². The largest absolute Gasteiger partial charge is 0.497 e. The van der Waals surface area contributed by atoms with Crippen LogP contribution in [0.1, 0.15) is 5.69 Å². The number of pyridine rings is 1. The highest BCUT2D eigenvalue weighted by atomic mass is 16.5. The molecule has 4 rings (SSSR count). The number of nitrogens with one attached hydrogen (secondary N) is 2.